The Bertz CT molecular complexity index is 525. The van der Waals surface area contributed by atoms with Crippen molar-refractivity contribution < 1.29 is 0 Å². The second kappa shape index (κ2) is 4.02. The first kappa shape index (κ1) is 11.9. The zero-order valence-corrected chi connectivity index (χ0v) is 10.9. The Balaban J connectivity index is 2.45. The van der Waals surface area contributed by atoms with Crippen LogP contribution in [0.5, 0.6) is 0 Å². The zero-order chi connectivity index (χ0) is 12.6. The molecule has 92 valence electrons. The van der Waals surface area contributed by atoms with Gasteiger partial charge in [-0.15, -0.1) is 0 Å². The van der Waals surface area contributed by atoms with Crippen LogP contribution >= 0.6 is 0 Å². The molecule has 0 aliphatic carbocycles. The minimum atomic E-state index is 0.166. The molecule has 0 atom stereocenters. The van der Waals surface area contributed by atoms with E-state index in [0.29, 0.717) is 11.9 Å². The third kappa shape index (κ3) is 2.12. The molecule has 0 aromatic carbocycles. The van der Waals surface area contributed by atoms with E-state index in [0.717, 1.165) is 17.7 Å². The molecule has 0 aliphatic heterocycles. The van der Waals surface area contributed by atoms with E-state index in [2.05, 4.69) is 37.7 Å². The number of aromatic nitrogens is 3. The zero-order valence-electron chi connectivity index (χ0n) is 10.9. The fraction of sp³-hybridized carbons (Fsp3) is 0.538. The number of fused-ring (bicyclic) bond motifs is 1. The fourth-order valence-corrected chi connectivity index (χ4v) is 1.72. The highest BCUT2D eigenvalue weighted by Gasteiger charge is 2.25. The van der Waals surface area contributed by atoms with Crippen LogP contribution in [0.15, 0.2) is 18.3 Å². The average molecular weight is 232 g/mol. The van der Waals surface area contributed by atoms with Gasteiger partial charge in [0.15, 0.2) is 5.65 Å². The first-order valence-electron chi connectivity index (χ1n) is 5.98. The molecule has 0 fully saturated rings. The molecule has 2 aromatic heterocycles. The van der Waals surface area contributed by atoms with Crippen LogP contribution in [0.4, 0.5) is 5.95 Å². The molecule has 0 bridgehead atoms. The number of nitrogen functional groups attached to an aromatic ring is 1. The van der Waals surface area contributed by atoms with Gasteiger partial charge in [-0.25, -0.2) is 9.97 Å². The molecule has 2 heterocycles. The van der Waals surface area contributed by atoms with Crippen molar-refractivity contribution >= 4 is 17.1 Å². The van der Waals surface area contributed by atoms with Gasteiger partial charge in [-0.05, 0) is 23.5 Å². The van der Waals surface area contributed by atoms with E-state index in [1.165, 1.54) is 0 Å². The van der Waals surface area contributed by atoms with Gasteiger partial charge in [-0.3, -0.25) is 4.57 Å². The minimum absolute atomic E-state index is 0.166. The number of hydrogen-bond donors (Lipinski definition) is 1. The molecule has 0 aliphatic rings. The van der Waals surface area contributed by atoms with E-state index in [1.807, 2.05) is 16.7 Å². The maximum absolute atomic E-state index is 5.97. The Morgan fingerprint density at radius 1 is 1.41 bits per heavy atom. The van der Waals surface area contributed by atoms with Crippen molar-refractivity contribution in [3.8, 4) is 0 Å². The van der Waals surface area contributed by atoms with Gasteiger partial charge in [0.2, 0.25) is 5.95 Å². The van der Waals surface area contributed by atoms with Gasteiger partial charge in [-0.2, -0.15) is 0 Å². The number of nitrogens with two attached hydrogens (primary N) is 1. The van der Waals surface area contributed by atoms with Gasteiger partial charge >= 0.3 is 0 Å². The van der Waals surface area contributed by atoms with Crippen molar-refractivity contribution in [2.24, 2.45) is 11.3 Å². The van der Waals surface area contributed by atoms with Gasteiger partial charge < -0.3 is 5.73 Å². The second-order valence-electron chi connectivity index (χ2n) is 5.55. The Kier molecular flexibility index (Phi) is 2.81. The average Bonchev–Trinajstić information content (AvgIpc) is 2.55. The van der Waals surface area contributed by atoms with Crippen molar-refractivity contribution in [3.63, 3.8) is 0 Å². The summed E-state index contributed by atoms with van der Waals surface area (Å²) in [6.45, 7) is 9.77. The smallest absolute Gasteiger partial charge is 0.202 e. The summed E-state index contributed by atoms with van der Waals surface area (Å²) in [5.74, 6) is 1.12. The number of hydrogen-bond acceptors (Lipinski definition) is 3. The summed E-state index contributed by atoms with van der Waals surface area (Å²) in [5, 5.41) is 0. The van der Waals surface area contributed by atoms with Crippen LogP contribution < -0.4 is 5.73 Å². The van der Waals surface area contributed by atoms with Crippen molar-refractivity contribution in [2.75, 3.05) is 5.73 Å². The number of imidazole rings is 1. The Morgan fingerprint density at radius 3 is 2.76 bits per heavy atom. The summed E-state index contributed by atoms with van der Waals surface area (Å²) < 4.78 is 2.01. The monoisotopic (exact) mass is 232 g/mol. The van der Waals surface area contributed by atoms with E-state index >= 15 is 0 Å². The lowest BCUT2D eigenvalue weighted by atomic mass is 9.81. The first-order chi connectivity index (χ1) is 7.92. The topological polar surface area (TPSA) is 56.7 Å². The molecular weight excluding hydrogens is 212 g/mol. The molecule has 0 spiro atoms. The lowest BCUT2D eigenvalue weighted by Crippen LogP contribution is -2.26. The van der Waals surface area contributed by atoms with Gasteiger partial charge in [0.25, 0.3) is 0 Å². The third-order valence-electron chi connectivity index (χ3n) is 3.66. The fourth-order valence-electron chi connectivity index (χ4n) is 1.72. The number of anilines is 1. The standard InChI is InChI=1S/C13H20N4/c1-9(2)13(3,4)8-17-11-10(16-12(17)14)6-5-7-15-11/h5-7,9H,8H2,1-4H3,(H2,14,16). The Labute approximate surface area is 102 Å². The maximum atomic E-state index is 5.97. The van der Waals surface area contributed by atoms with Crippen LogP contribution in [-0.4, -0.2) is 14.5 Å². The molecule has 2 rings (SSSR count). The van der Waals surface area contributed by atoms with Crippen LogP contribution in [0.25, 0.3) is 11.2 Å². The molecule has 2 N–H and O–H groups in total. The molecule has 4 heteroatoms. The second-order valence-corrected chi connectivity index (χ2v) is 5.55. The molecule has 0 unspecified atom stereocenters. The van der Waals surface area contributed by atoms with Crippen LogP contribution in [0.2, 0.25) is 0 Å². The summed E-state index contributed by atoms with van der Waals surface area (Å²) in [6.07, 6.45) is 1.78. The lowest BCUT2D eigenvalue weighted by Gasteiger charge is -2.29. The van der Waals surface area contributed by atoms with E-state index in [-0.39, 0.29) is 5.41 Å². The molecule has 0 amide bonds. The summed E-state index contributed by atoms with van der Waals surface area (Å²) in [4.78, 5) is 8.70. The van der Waals surface area contributed by atoms with Crippen molar-refractivity contribution in [3.05, 3.63) is 18.3 Å². The Morgan fingerprint density at radius 2 is 2.12 bits per heavy atom. The molecule has 0 saturated carbocycles. The first-order valence-corrected chi connectivity index (χ1v) is 5.98. The van der Waals surface area contributed by atoms with Crippen LogP contribution in [0, 0.1) is 11.3 Å². The minimum Gasteiger partial charge on any atom is -0.369 e. The predicted molar refractivity (Wildman–Crippen MR) is 70.6 cm³/mol. The summed E-state index contributed by atoms with van der Waals surface area (Å²) in [5.41, 5.74) is 7.88. The summed E-state index contributed by atoms with van der Waals surface area (Å²) in [7, 11) is 0. The Hall–Kier alpha value is -1.58. The van der Waals surface area contributed by atoms with Gasteiger partial charge in [0.1, 0.15) is 5.52 Å². The van der Waals surface area contributed by atoms with Crippen molar-refractivity contribution in [1.82, 2.24) is 14.5 Å². The maximum Gasteiger partial charge on any atom is 0.202 e. The van der Waals surface area contributed by atoms with Gasteiger partial charge in [-0.1, -0.05) is 27.7 Å². The quantitative estimate of drug-likeness (QED) is 0.885. The highest BCUT2D eigenvalue weighted by atomic mass is 15.2. The number of rotatable bonds is 3. The molecular formula is C13H20N4. The lowest BCUT2D eigenvalue weighted by molar-refractivity contribution is 0.213. The third-order valence-corrected chi connectivity index (χ3v) is 3.66. The number of nitrogens with zero attached hydrogens (tertiary/aromatic N) is 3. The van der Waals surface area contributed by atoms with Gasteiger partial charge in [0.05, 0.1) is 0 Å². The van der Waals surface area contributed by atoms with Crippen molar-refractivity contribution in [1.29, 1.82) is 0 Å². The largest absolute Gasteiger partial charge is 0.369 e. The van der Waals surface area contributed by atoms with Crippen LogP contribution in [0.1, 0.15) is 27.7 Å². The number of pyridine rings is 1. The van der Waals surface area contributed by atoms with Crippen LogP contribution in [0.3, 0.4) is 0 Å². The molecule has 17 heavy (non-hydrogen) atoms. The van der Waals surface area contributed by atoms with E-state index in [4.69, 9.17) is 5.73 Å². The SMILES string of the molecule is CC(C)C(C)(C)Cn1c(N)nc2cccnc21. The normalized spacial score (nSPS) is 12.5. The van der Waals surface area contributed by atoms with E-state index in [1.54, 1.807) is 6.20 Å². The van der Waals surface area contributed by atoms with E-state index in [9.17, 15) is 0 Å². The van der Waals surface area contributed by atoms with Crippen molar-refractivity contribution in [2.45, 2.75) is 34.2 Å². The predicted octanol–water partition coefficient (Wildman–Crippen LogP) is 2.70. The molecule has 0 radical (unpaired) electrons. The van der Waals surface area contributed by atoms with Gasteiger partial charge in [0, 0.05) is 12.7 Å². The molecule has 4 nitrogen and oxygen atoms in total. The molecule has 0 saturated heterocycles. The highest BCUT2D eigenvalue weighted by molar-refractivity contribution is 5.73. The molecule has 2 aromatic rings. The highest BCUT2D eigenvalue weighted by Crippen LogP contribution is 2.30. The summed E-state index contributed by atoms with van der Waals surface area (Å²) >= 11 is 0. The van der Waals surface area contributed by atoms with E-state index < -0.39 is 0 Å². The summed E-state index contributed by atoms with van der Waals surface area (Å²) in [6, 6.07) is 3.82. The van der Waals surface area contributed by atoms with Crippen LogP contribution in [-0.2, 0) is 6.54 Å².